The van der Waals surface area contributed by atoms with Crippen molar-refractivity contribution in [2.75, 3.05) is 18.4 Å². The van der Waals surface area contributed by atoms with E-state index in [-0.39, 0.29) is 11.6 Å². The van der Waals surface area contributed by atoms with Gasteiger partial charge in [0.25, 0.3) is 5.69 Å². The highest BCUT2D eigenvalue weighted by molar-refractivity contribution is 5.76. The molecule has 1 fully saturated rings. The van der Waals surface area contributed by atoms with E-state index in [1.54, 1.807) is 12.1 Å². The SMILES string of the molecule is O=C(CC1CCC1)NCCNc1ccc([N+](=O)[O-])cc1. The van der Waals surface area contributed by atoms with Gasteiger partial charge in [-0.3, -0.25) is 14.9 Å². The van der Waals surface area contributed by atoms with Crippen LogP contribution in [0.5, 0.6) is 0 Å². The van der Waals surface area contributed by atoms with Gasteiger partial charge in [0, 0.05) is 37.3 Å². The third kappa shape index (κ3) is 4.22. The summed E-state index contributed by atoms with van der Waals surface area (Å²) in [6, 6.07) is 6.23. The van der Waals surface area contributed by atoms with Crippen LogP contribution in [0, 0.1) is 16.0 Å². The van der Waals surface area contributed by atoms with Gasteiger partial charge in [-0.05, 0) is 30.9 Å². The van der Waals surface area contributed by atoms with Gasteiger partial charge in [0.2, 0.25) is 5.91 Å². The number of nitro groups is 1. The molecule has 2 N–H and O–H groups in total. The summed E-state index contributed by atoms with van der Waals surface area (Å²) < 4.78 is 0. The van der Waals surface area contributed by atoms with Gasteiger partial charge in [-0.2, -0.15) is 0 Å². The number of nitrogens with one attached hydrogen (secondary N) is 2. The van der Waals surface area contributed by atoms with Gasteiger partial charge >= 0.3 is 0 Å². The van der Waals surface area contributed by atoms with Crippen molar-refractivity contribution in [2.24, 2.45) is 5.92 Å². The fourth-order valence-corrected chi connectivity index (χ4v) is 2.14. The molecule has 6 nitrogen and oxygen atoms in total. The van der Waals surface area contributed by atoms with Crippen LogP contribution in [0.3, 0.4) is 0 Å². The van der Waals surface area contributed by atoms with Crippen LogP contribution in [0.1, 0.15) is 25.7 Å². The summed E-state index contributed by atoms with van der Waals surface area (Å²) in [6.45, 7) is 1.16. The normalized spacial score (nSPS) is 14.4. The van der Waals surface area contributed by atoms with Crippen molar-refractivity contribution < 1.29 is 9.72 Å². The Morgan fingerprint density at radius 3 is 2.50 bits per heavy atom. The quantitative estimate of drug-likeness (QED) is 0.455. The maximum absolute atomic E-state index is 11.6. The Balaban J connectivity index is 1.62. The molecule has 108 valence electrons. The fraction of sp³-hybridized carbons (Fsp3) is 0.500. The molecule has 1 saturated carbocycles. The van der Waals surface area contributed by atoms with E-state index in [0.717, 1.165) is 5.69 Å². The number of carbonyl (C=O) groups excluding carboxylic acids is 1. The van der Waals surface area contributed by atoms with Gasteiger partial charge in [-0.15, -0.1) is 0 Å². The third-order valence-electron chi connectivity index (χ3n) is 3.55. The Morgan fingerprint density at radius 2 is 1.95 bits per heavy atom. The van der Waals surface area contributed by atoms with Crippen LogP contribution in [0.2, 0.25) is 0 Å². The van der Waals surface area contributed by atoms with Crippen molar-refractivity contribution in [1.82, 2.24) is 5.32 Å². The molecule has 0 saturated heterocycles. The van der Waals surface area contributed by atoms with E-state index in [1.165, 1.54) is 31.4 Å². The molecule has 0 aromatic heterocycles. The van der Waals surface area contributed by atoms with Gasteiger partial charge in [-0.1, -0.05) is 6.42 Å². The molecule has 0 atom stereocenters. The lowest BCUT2D eigenvalue weighted by atomic mass is 9.83. The number of non-ortho nitro benzene ring substituents is 1. The third-order valence-corrected chi connectivity index (χ3v) is 3.55. The lowest BCUT2D eigenvalue weighted by Gasteiger charge is -2.24. The molecule has 1 aliphatic rings. The summed E-state index contributed by atoms with van der Waals surface area (Å²) in [6.07, 6.45) is 4.24. The molecular formula is C14H19N3O3. The highest BCUT2D eigenvalue weighted by Gasteiger charge is 2.20. The Labute approximate surface area is 117 Å². The largest absolute Gasteiger partial charge is 0.383 e. The molecule has 6 heteroatoms. The Hall–Kier alpha value is -2.11. The maximum atomic E-state index is 11.6. The Bertz CT molecular complexity index is 469. The average molecular weight is 277 g/mol. The number of hydrogen-bond acceptors (Lipinski definition) is 4. The van der Waals surface area contributed by atoms with Crippen molar-refractivity contribution in [3.8, 4) is 0 Å². The lowest BCUT2D eigenvalue weighted by molar-refractivity contribution is -0.384. The lowest BCUT2D eigenvalue weighted by Crippen LogP contribution is -2.31. The first kappa shape index (κ1) is 14.3. The Kier molecular flexibility index (Phi) is 4.92. The van der Waals surface area contributed by atoms with Crippen LogP contribution >= 0.6 is 0 Å². The molecule has 1 aromatic carbocycles. The maximum Gasteiger partial charge on any atom is 0.269 e. The minimum absolute atomic E-state index is 0.0735. The van der Waals surface area contributed by atoms with Crippen LogP contribution in [-0.4, -0.2) is 23.9 Å². The Morgan fingerprint density at radius 1 is 1.25 bits per heavy atom. The van der Waals surface area contributed by atoms with Gasteiger partial charge < -0.3 is 10.6 Å². The molecule has 0 bridgehead atoms. The average Bonchev–Trinajstić information content (AvgIpc) is 2.39. The van der Waals surface area contributed by atoms with E-state index >= 15 is 0 Å². The van der Waals surface area contributed by atoms with E-state index in [1.807, 2.05) is 0 Å². The molecule has 0 radical (unpaired) electrons. The standard InChI is InChI=1S/C14H19N3O3/c18-14(10-11-2-1-3-11)16-9-8-15-12-4-6-13(7-5-12)17(19)20/h4-7,11,15H,1-3,8-10H2,(H,16,18). The summed E-state index contributed by atoms with van der Waals surface area (Å²) >= 11 is 0. The van der Waals surface area contributed by atoms with Crippen molar-refractivity contribution in [3.05, 3.63) is 34.4 Å². The van der Waals surface area contributed by atoms with E-state index in [9.17, 15) is 14.9 Å². The van der Waals surface area contributed by atoms with Crippen LogP contribution < -0.4 is 10.6 Å². The van der Waals surface area contributed by atoms with Crippen molar-refractivity contribution in [3.63, 3.8) is 0 Å². The number of nitro benzene ring substituents is 1. The second kappa shape index (κ2) is 6.88. The summed E-state index contributed by atoms with van der Waals surface area (Å²) in [5.74, 6) is 0.692. The molecular weight excluding hydrogens is 258 g/mol. The molecule has 0 aliphatic heterocycles. The van der Waals surface area contributed by atoms with Crippen LogP contribution in [0.4, 0.5) is 11.4 Å². The first-order valence-electron chi connectivity index (χ1n) is 6.90. The van der Waals surface area contributed by atoms with Crippen LogP contribution in [0.25, 0.3) is 0 Å². The van der Waals surface area contributed by atoms with Gasteiger partial charge in [-0.25, -0.2) is 0 Å². The number of nitrogens with zero attached hydrogens (tertiary/aromatic N) is 1. The highest BCUT2D eigenvalue weighted by Crippen LogP contribution is 2.28. The topological polar surface area (TPSA) is 84.3 Å². The monoisotopic (exact) mass is 277 g/mol. The van der Waals surface area contributed by atoms with Gasteiger partial charge in [0.1, 0.15) is 0 Å². The molecule has 0 heterocycles. The zero-order chi connectivity index (χ0) is 14.4. The number of anilines is 1. The first-order chi connectivity index (χ1) is 9.65. The van der Waals surface area contributed by atoms with E-state index < -0.39 is 4.92 Å². The number of hydrogen-bond donors (Lipinski definition) is 2. The molecule has 2 rings (SSSR count). The summed E-state index contributed by atoms with van der Waals surface area (Å²) in [5, 5.41) is 16.5. The number of rotatable bonds is 7. The fourth-order valence-electron chi connectivity index (χ4n) is 2.14. The molecule has 0 unspecified atom stereocenters. The second-order valence-electron chi connectivity index (χ2n) is 5.08. The molecule has 0 spiro atoms. The molecule has 1 amide bonds. The van der Waals surface area contributed by atoms with Crippen molar-refractivity contribution in [1.29, 1.82) is 0 Å². The second-order valence-corrected chi connectivity index (χ2v) is 5.08. The number of carbonyl (C=O) groups is 1. The molecule has 1 aromatic rings. The zero-order valence-corrected chi connectivity index (χ0v) is 11.3. The summed E-state index contributed by atoms with van der Waals surface area (Å²) in [5.41, 5.74) is 0.883. The predicted molar refractivity (Wildman–Crippen MR) is 76.6 cm³/mol. The van der Waals surface area contributed by atoms with E-state index in [2.05, 4.69) is 10.6 Å². The van der Waals surface area contributed by atoms with Crippen molar-refractivity contribution in [2.45, 2.75) is 25.7 Å². The summed E-state index contributed by atoms with van der Waals surface area (Å²) in [4.78, 5) is 21.6. The predicted octanol–water partition coefficient (Wildman–Crippen LogP) is 2.31. The minimum atomic E-state index is -0.426. The van der Waals surface area contributed by atoms with Gasteiger partial charge in [0.05, 0.1) is 4.92 Å². The first-order valence-corrected chi connectivity index (χ1v) is 6.90. The molecule has 1 aliphatic carbocycles. The number of amides is 1. The zero-order valence-electron chi connectivity index (χ0n) is 11.3. The smallest absolute Gasteiger partial charge is 0.269 e. The van der Waals surface area contributed by atoms with Gasteiger partial charge in [0.15, 0.2) is 0 Å². The summed E-state index contributed by atoms with van der Waals surface area (Å²) in [7, 11) is 0. The highest BCUT2D eigenvalue weighted by atomic mass is 16.6. The van der Waals surface area contributed by atoms with Crippen LogP contribution in [-0.2, 0) is 4.79 Å². The van der Waals surface area contributed by atoms with Crippen molar-refractivity contribution >= 4 is 17.3 Å². The minimum Gasteiger partial charge on any atom is -0.383 e. The van der Waals surface area contributed by atoms with E-state index in [4.69, 9.17) is 0 Å². The molecule has 20 heavy (non-hydrogen) atoms. The van der Waals surface area contributed by atoms with E-state index in [0.29, 0.717) is 25.4 Å². The van der Waals surface area contributed by atoms with Crippen LogP contribution in [0.15, 0.2) is 24.3 Å². The number of benzene rings is 1.